The minimum absolute atomic E-state index is 0.0298. The van der Waals surface area contributed by atoms with Crippen LogP contribution in [-0.2, 0) is 38.0 Å². The molecule has 22 atom stereocenters. The van der Waals surface area contributed by atoms with Crippen molar-refractivity contribution in [3.8, 4) is 0 Å². The molecular formula is C41H65NO19. The van der Waals surface area contributed by atoms with Crippen molar-refractivity contribution in [2.75, 3.05) is 19.8 Å². The highest BCUT2D eigenvalue weighted by atomic mass is 16.8. The summed E-state index contributed by atoms with van der Waals surface area (Å²) in [6.07, 6.45) is -19.9. The van der Waals surface area contributed by atoms with Gasteiger partial charge in [-0.3, -0.25) is 9.59 Å². The van der Waals surface area contributed by atoms with Gasteiger partial charge in [0.25, 0.3) is 0 Å². The fourth-order valence-electron chi connectivity index (χ4n) is 12.5. The van der Waals surface area contributed by atoms with E-state index in [0.29, 0.717) is 38.5 Å². The fourth-order valence-corrected chi connectivity index (χ4v) is 12.5. The summed E-state index contributed by atoms with van der Waals surface area (Å²) >= 11 is 0. The first-order valence-electron chi connectivity index (χ1n) is 21.5. The maximum absolute atomic E-state index is 13.8. The molecule has 61 heavy (non-hydrogen) atoms. The number of aliphatic carboxylic acids is 1. The number of carboxylic acid groups (broad SMARTS) is 1. The maximum atomic E-state index is 13.8. The molecule has 0 radical (unpaired) electrons. The lowest BCUT2D eigenvalue weighted by atomic mass is 9.40. The molecule has 0 aromatic rings. The summed E-state index contributed by atoms with van der Waals surface area (Å²) in [4.78, 5) is 25.5. The Morgan fingerprint density at radius 2 is 1.25 bits per heavy atom. The number of fused-ring (bicyclic) bond motifs is 3. The number of hydrogen-bond acceptors (Lipinski definition) is 18. The van der Waals surface area contributed by atoms with Crippen LogP contribution in [0.15, 0.2) is 12.2 Å². The molecule has 3 heterocycles. The second-order valence-corrected chi connectivity index (χ2v) is 19.2. The molecule has 348 valence electrons. The Kier molecular flexibility index (Phi) is 13.4. The molecule has 3 saturated heterocycles. The van der Waals surface area contributed by atoms with Gasteiger partial charge < -0.3 is 89.9 Å². The number of carbonyl (C=O) groups excluding carboxylic acids is 1. The van der Waals surface area contributed by atoms with Crippen LogP contribution in [0.3, 0.4) is 0 Å². The van der Waals surface area contributed by atoms with E-state index in [9.17, 15) is 65.8 Å². The lowest BCUT2D eigenvalue weighted by Crippen LogP contribution is -2.68. The molecular weight excluding hydrogens is 810 g/mol. The molecule has 3 aliphatic heterocycles. The van der Waals surface area contributed by atoms with Crippen LogP contribution in [0.2, 0.25) is 0 Å². The quantitative estimate of drug-likeness (QED) is 0.0693. The number of carbonyl (C=O) groups is 2. The van der Waals surface area contributed by atoms with Crippen LogP contribution in [0.4, 0.5) is 0 Å². The van der Waals surface area contributed by atoms with Gasteiger partial charge in [-0.2, -0.15) is 0 Å². The van der Waals surface area contributed by atoms with Gasteiger partial charge in [0.2, 0.25) is 5.91 Å². The topological polar surface area (TPSA) is 324 Å². The van der Waals surface area contributed by atoms with E-state index < -0.39 is 135 Å². The minimum Gasteiger partial charge on any atom is -0.480 e. The van der Waals surface area contributed by atoms with Gasteiger partial charge in [-0.25, -0.2) is 0 Å². The monoisotopic (exact) mass is 875 g/mol. The predicted octanol–water partition coefficient (Wildman–Crippen LogP) is -2.87. The van der Waals surface area contributed by atoms with Crippen molar-refractivity contribution in [1.82, 2.24) is 5.32 Å². The van der Waals surface area contributed by atoms with E-state index in [1.54, 1.807) is 0 Å². The molecule has 1 amide bonds. The van der Waals surface area contributed by atoms with Crippen molar-refractivity contribution in [2.24, 2.45) is 28.1 Å². The molecule has 20 nitrogen and oxygen atoms in total. The third-order valence-electron chi connectivity index (χ3n) is 15.8. The molecule has 12 N–H and O–H groups in total. The minimum atomic E-state index is -1.93. The Morgan fingerprint density at radius 3 is 1.80 bits per heavy atom. The van der Waals surface area contributed by atoms with Crippen LogP contribution >= 0.6 is 0 Å². The number of aliphatic hydroxyl groups excluding tert-OH is 10. The number of nitrogens with one attached hydrogen (secondary N) is 1. The molecule has 1 spiro atoms. The van der Waals surface area contributed by atoms with Crippen molar-refractivity contribution >= 4 is 11.9 Å². The molecule has 7 fully saturated rings. The number of aliphatic hydroxyl groups is 10. The smallest absolute Gasteiger partial charge is 0.325 e. The standard InChI is InChI=1S/C41H65NO19/c1-17-12-40-10-6-22-38(3,8-5-9-39(22,4)37(55)42-18(2)33(53)54)23(40)7-11-41(17,16-40)61-36-32(60-35-30(52)28(50)25(47)20(14-44)57-35)31(26(48)21(15-45)58-36)59-34-29(51)27(49)24(46)19(13-43)56-34/h18-32,34-36,43-52H,1,5-16H2,2-4H3,(H,42,55)(H,53,54)/t18?,19-,20-,21-,22+,23+,24-,25-,26-,27+,28+,29-,30-,31+,32-,34+,35+,36+,38-,39-,40-,41+/m1/s1. The zero-order chi connectivity index (χ0) is 44.6. The summed E-state index contributed by atoms with van der Waals surface area (Å²) in [5.74, 6) is -1.28. The average Bonchev–Trinajstić information content (AvgIpc) is 3.42. The molecule has 0 aromatic carbocycles. The molecule has 1 unspecified atom stereocenters. The summed E-state index contributed by atoms with van der Waals surface area (Å²) < 4.78 is 36.8. The van der Waals surface area contributed by atoms with Crippen LogP contribution in [0.25, 0.3) is 0 Å². The largest absolute Gasteiger partial charge is 0.480 e. The first kappa shape index (κ1) is 47.0. The first-order chi connectivity index (χ1) is 28.7. The van der Waals surface area contributed by atoms with Crippen LogP contribution in [-0.4, -0.2) is 192 Å². The SMILES string of the molecule is C=C1C[C@@]23CC[C@H]4[C@@](C)(CCC[C@@]4(C)C(=O)NC(C)C(=O)O)[C@@H]2CC[C@]1(O[C@@H]1O[C@H](CO)[C@@H](O)[C@H](O[C@@H]2O[C@H](CO)[C@@H](O)[C@H](O)[C@H]2O)[C@H]1O[C@@H]1O[C@H](CO)[C@@H](O)[C@H](O)[C@H]1O)C3. The van der Waals surface area contributed by atoms with Crippen molar-refractivity contribution in [3.05, 3.63) is 12.2 Å². The normalized spacial score (nSPS) is 51.6. The second-order valence-electron chi connectivity index (χ2n) is 19.2. The molecule has 7 rings (SSSR count). The summed E-state index contributed by atoms with van der Waals surface area (Å²) in [5.41, 5.74) is -1.74. The van der Waals surface area contributed by atoms with Gasteiger partial charge in [-0.15, -0.1) is 0 Å². The van der Waals surface area contributed by atoms with E-state index in [4.69, 9.17) is 28.4 Å². The summed E-state index contributed by atoms with van der Waals surface area (Å²) in [6.45, 7) is 7.79. The lowest BCUT2D eigenvalue weighted by molar-refractivity contribution is -0.400. The molecule has 7 aliphatic rings. The van der Waals surface area contributed by atoms with E-state index >= 15 is 0 Å². The van der Waals surface area contributed by atoms with Crippen LogP contribution < -0.4 is 5.32 Å². The highest BCUT2D eigenvalue weighted by Gasteiger charge is 2.69. The lowest BCUT2D eigenvalue weighted by Gasteiger charge is -2.64. The van der Waals surface area contributed by atoms with Crippen molar-refractivity contribution in [1.29, 1.82) is 0 Å². The van der Waals surface area contributed by atoms with Crippen molar-refractivity contribution < 1.29 is 94.2 Å². The zero-order valence-corrected chi connectivity index (χ0v) is 34.8. The van der Waals surface area contributed by atoms with Crippen LogP contribution in [0.1, 0.15) is 78.6 Å². The molecule has 0 aromatic heterocycles. The van der Waals surface area contributed by atoms with Crippen molar-refractivity contribution in [2.45, 2.75) is 182 Å². The van der Waals surface area contributed by atoms with Gasteiger partial charge in [0.05, 0.1) is 25.4 Å². The van der Waals surface area contributed by atoms with E-state index in [1.807, 2.05) is 6.92 Å². The summed E-state index contributed by atoms with van der Waals surface area (Å²) in [6, 6.07) is -1.04. The Bertz CT molecular complexity index is 1620. The van der Waals surface area contributed by atoms with E-state index in [2.05, 4.69) is 18.8 Å². The van der Waals surface area contributed by atoms with E-state index in [0.717, 1.165) is 24.8 Å². The molecule has 4 aliphatic carbocycles. The molecule has 2 bridgehead atoms. The van der Waals surface area contributed by atoms with E-state index in [1.165, 1.54) is 6.92 Å². The number of ether oxygens (including phenoxy) is 6. The second kappa shape index (κ2) is 17.4. The maximum Gasteiger partial charge on any atom is 0.325 e. The Labute approximate surface area is 353 Å². The molecule has 4 saturated carbocycles. The molecule has 20 heteroatoms. The van der Waals surface area contributed by atoms with E-state index in [-0.39, 0.29) is 28.6 Å². The number of carboxylic acids is 1. The number of hydrogen-bond donors (Lipinski definition) is 12. The van der Waals surface area contributed by atoms with Crippen molar-refractivity contribution in [3.63, 3.8) is 0 Å². The average molecular weight is 876 g/mol. The summed E-state index contributed by atoms with van der Waals surface area (Å²) in [5, 5.41) is 118. The van der Waals surface area contributed by atoms with Gasteiger partial charge in [-0.1, -0.05) is 26.8 Å². The van der Waals surface area contributed by atoms with Gasteiger partial charge in [0, 0.05) is 5.41 Å². The highest BCUT2D eigenvalue weighted by Crippen LogP contribution is 2.73. The predicted molar refractivity (Wildman–Crippen MR) is 204 cm³/mol. The van der Waals surface area contributed by atoms with Gasteiger partial charge >= 0.3 is 5.97 Å². The fraction of sp³-hybridized carbons (Fsp3) is 0.902. The zero-order valence-electron chi connectivity index (χ0n) is 34.8. The third kappa shape index (κ3) is 7.89. The van der Waals surface area contributed by atoms with Crippen LogP contribution in [0, 0.1) is 28.1 Å². The third-order valence-corrected chi connectivity index (χ3v) is 15.8. The summed E-state index contributed by atoms with van der Waals surface area (Å²) in [7, 11) is 0. The van der Waals surface area contributed by atoms with Gasteiger partial charge in [0.15, 0.2) is 18.9 Å². The Morgan fingerprint density at radius 1 is 0.721 bits per heavy atom. The Hall–Kier alpha value is -1.96. The first-order valence-corrected chi connectivity index (χ1v) is 21.5. The number of amides is 1. The van der Waals surface area contributed by atoms with Crippen LogP contribution in [0.5, 0.6) is 0 Å². The number of rotatable bonds is 12. The highest BCUT2D eigenvalue weighted by molar-refractivity contribution is 5.87. The Balaban J connectivity index is 1.19. The van der Waals surface area contributed by atoms with Gasteiger partial charge in [0.1, 0.15) is 79.3 Å². The van der Waals surface area contributed by atoms with Gasteiger partial charge in [-0.05, 0) is 86.5 Å².